The van der Waals surface area contributed by atoms with Gasteiger partial charge in [-0.25, -0.2) is 0 Å². The number of piperazine rings is 1. The fourth-order valence-electron chi connectivity index (χ4n) is 6.50. The summed E-state index contributed by atoms with van der Waals surface area (Å²) in [6.45, 7) is 12.0. The zero-order valence-electron chi connectivity index (χ0n) is 23.8. The highest BCUT2D eigenvalue weighted by Gasteiger charge is 2.30. The third-order valence-corrected chi connectivity index (χ3v) is 8.86. The lowest BCUT2D eigenvalue weighted by atomic mass is 9.98. The van der Waals surface area contributed by atoms with Crippen LogP contribution in [0.5, 0.6) is 6.01 Å². The molecule has 210 valence electrons. The third kappa shape index (κ3) is 5.12. The van der Waals surface area contributed by atoms with Crippen LogP contribution in [0.15, 0.2) is 49.1 Å². The zero-order valence-corrected chi connectivity index (χ0v) is 23.8. The van der Waals surface area contributed by atoms with Gasteiger partial charge in [-0.05, 0) is 62.4 Å². The number of hydrogen-bond acceptors (Lipinski definition) is 7. The Balaban J connectivity index is 1.32. The Morgan fingerprint density at radius 1 is 1.05 bits per heavy atom. The van der Waals surface area contributed by atoms with Gasteiger partial charge in [0.25, 0.3) is 0 Å². The topological polar surface area (TPSA) is 65.0 Å². The van der Waals surface area contributed by atoms with Crippen molar-refractivity contribution in [3.8, 4) is 6.01 Å². The molecule has 0 spiro atoms. The predicted octanol–water partition coefficient (Wildman–Crippen LogP) is 4.06. The maximum atomic E-state index is 12.2. The van der Waals surface area contributed by atoms with Crippen molar-refractivity contribution in [3.05, 3.63) is 65.9 Å². The first kappa shape index (κ1) is 26.6. The number of likely N-dealkylation sites (tertiary alicyclic amines) is 1. The average molecular weight is 541 g/mol. The molecule has 1 amide bonds. The number of aryl methyl sites for hydroxylation is 1. The Labute approximate surface area is 237 Å². The molecule has 4 heterocycles. The van der Waals surface area contributed by atoms with Gasteiger partial charge in [0, 0.05) is 55.4 Å². The van der Waals surface area contributed by atoms with Crippen LogP contribution in [0.4, 0.5) is 11.5 Å². The molecule has 0 radical (unpaired) electrons. The van der Waals surface area contributed by atoms with Gasteiger partial charge in [-0.3, -0.25) is 4.79 Å². The van der Waals surface area contributed by atoms with Gasteiger partial charge in [0.15, 0.2) is 0 Å². The average Bonchev–Trinajstić information content (AvgIpc) is 3.42. The molecule has 2 fully saturated rings. The minimum Gasteiger partial charge on any atom is -0.462 e. The molecular weight excluding hydrogens is 500 g/mol. The van der Waals surface area contributed by atoms with Gasteiger partial charge in [-0.1, -0.05) is 43.8 Å². The predicted molar refractivity (Wildman–Crippen MR) is 160 cm³/mol. The lowest BCUT2D eigenvalue weighted by Gasteiger charge is -2.38. The van der Waals surface area contributed by atoms with Crippen molar-refractivity contribution in [2.45, 2.75) is 45.2 Å². The van der Waals surface area contributed by atoms with E-state index in [0.29, 0.717) is 31.7 Å². The molecule has 3 aliphatic rings. The highest BCUT2D eigenvalue weighted by atomic mass is 16.5. The van der Waals surface area contributed by atoms with Gasteiger partial charge in [0.05, 0.1) is 12.2 Å². The van der Waals surface area contributed by atoms with Crippen molar-refractivity contribution < 1.29 is 9.53 Å². The van der Waals surface area contributed by atoms with E-state index in [1.54, 1.807) is 0 Å². The van der Waals surface area contributed by atoms with Crippen molar-refractivity contribution in [2.75, 3.05) is 62.7 Å². The van der Waals surface area contributed by atoms with Crippen LogP contribution >= 0.6 is 0 Å². The Hall–Kier alpha value is -3.65. The number of carbonyl (C=O) groups excluding carboxylic acids is 1. The second-order valence-corrected chi connectivity index (χ2v) is 11.2. The third-order valence-electron chi connectivity index (χ3n) is 8.86. The minimum absolute atomic E-state index is 0.00810. The van der Waals surface area contributed by atoms with Gasteiger partial charge in [-0.15, -0.1) is 0 Å². The molecule has 40 heavy (non-hydrogen) atoms. The molecule has 0 saturated carbocycles. The maximum Gasteiger partial charge on any atom is 0.318 e. The maximum absolute atomic E-state index is 12.2. The molecule has 8 heteroatoms. The van der Waals surface area contributed by atoms with Crippen LogP contribution in [0.2, 0.25) is 0 Å². The molecule has 0 N–H and O–H groups in total. The van der Waals surface area contributed by atoms with Crippen LogP contribution in [0.25, 0.3) is 10.8 Å². The van der Waals surface area contributed by atoms with E-state index in [9.17, 15) is 4.79 Å². The summed E-state index contributed by atoms with van der Waals surface area (Å²) in [5.74, 6) is 0.962. The molecule has 1 aromatic heterocycles. The van der Waals surface area contributed by atoms with Crippen LogP contribution in [0.3, 0.4) is 0 Å². The summed E-state index contributed by atoms with van der Waals surface area (Å²) in [4.78, 5) is 31.2. The number of ether oxygens (including phenoxy) is 1. The molecule has 3 aromatic rings. The van der Waals surface area contributed by atoms with Crippen molar-refractivity contribution in [2.24, 2.45) is 0 Å². The molecule has 2 saturated heterocycles. The van der Waals surface area contributed by atoms with Crippen molar-refractivity contribution >= 4 is 28.2 Å². The highest BCUT2D eigenvalue weighted by molar-refractivity contribution is 5.97. The first-order valence-corrected chi connectivity index (χ1v) is 14.7. The monoisotopic (exact) mass is 540 g/mol. The van der Waals surface area contributed by atoms with Crippen molar-refractivity contribution in [1.82, 2.24) is 19.8 Å². The Morgan fingerprint density at radius 2 is 1.85 bits per heavy atom. The lowest BCUT2D eigenvalue weighted by Crippen LogP contribution is -2.49. The Morgan fingerprint density at radius 3 is 2.58 bits per heavy atom. The summed E-state index contributed by atoms with van der Waals surface area (Å²) in [6.07, 6.45) is 5.61. The largest absolute Gasteiger partial charge is 0.462 e. The van der Waals surface area contributed by atoms with Crippen LogP contribution in [-0.4, -0.2) is 84.6 Å². The summed E-state index contributed by atoms with van der Waals surface area (Å²) in [5.41, 5.74) is 4.90. The van der Waals surface area contributed by atoms with E-state index < -0.39 is 0 Å². The first-order valence-electron chi connectivity index (χ1n) is 14.7. The fourth-order valence-corrected chi connectivity index (χ4v) is 6.50. The number of nitrogens with zero attached hydrogens (tertiary/aromatic N) is 6. The molecule has 6 rings (SSSR count). The van der Waals surface area contributed by atoms with E-state index in [2.05, 4.69) is 71.6 Å². The minimum atomic E-state index is -0.00810. The summed E-state index contributed by atoms with van der Waals surface area (Å²) in [6, 6.07) is 14.1. The number of anilines is 2. The highest BCUT2D eigenvalue weighted by Crippen LogP contribution is 2.36. The molecule has 2 aromatic carbocycles. The van der Waals surface area contributed by atoms with Crippen LogP contribution in [-0.2, 0) is 24.2 Å². The first-order chi connectivity index (χ1) is 19.6. The van der Waals surface area contributed by atoms with Gasteiger partial charge in [0.2, 0.25) is 5.91 Å². The van der Waals surface area contributed by atoms with Crippen LogP contribution in [0, 0.1) is 0 Å². The number of fused-ring (bicyclic) bond motifs is 2. The molecule has 0 bridgehead atoms. The second-order valence-electron chi connectivity index (χ2n) is 11.2. The quantitative estimate of drug-likeness (QED) is 0.419. The van der Waals surface area contributed by atoms with Gasteiger partial charge in [-0.2, -0.15) is 9.97 Å². The van der Waals surface area contributed by atoms with E-state index in [4.69, 9.17) is 14.7 Å². The molecule has 1 atom stereocenters. The molecule has 0 aliphatic carbocycles. The Bertz CT molecular complexity index is 1390. The number of rotatable bonds is 7. The number of carbonyl (C=O) groups is 1. The van der Waals surface area contributed by atoms with Crippen LogP contribution in [0.1, 0.15) is 36.6 Å². The summed E-state index contributed by atoms with van der Waals surface area (Å²) in [5, 5.41) is 2.62. The number of aromatic nitrogens is 2. The summed E-state index contributed by atoms with van der Waals surface area (Å²) in [7, 11) is 2.16. The summed E-state index contributed by atoms with van der Waals surface area (Å²) < 4.78 is 6.30. The fraction of sp³-hybridized carbons (Fsp3) is 0.469. The number of hydrogen-bond donors (Lipinski definition) is 0. The van der Waals surface area contributed by atoms with E-state index in [-0.39, 0.29) is 5.91 Å². The SMILES string of the molecule is C=CC(=O)N1CCN(c2nc(OC[C@@H]3CCCN3C)nc3c2CCN(c2cccc4cccc(CC)c24)C3)CC1. The van der Waals surface area contributed by atoms with E-state index >= 15 is 0 Å². The zero-order chi connectivity index (χ0) is 27.6. The molecule has 3 aliphatic heterocycles. The van der Waals surface area contributed by atoms with Gasteiger partial charge in [0.1, 0.15) is 12.4 Å². The van der Waals surface area contributed by atoms with Crippen molar-refractivity contribution in [3.63, 3.8) is 0 Å². The molecular formula is C32H40N6O2. The Kier molecular flexibility index (Phi) is 7.61. The molecule has 0 unspecified atom stereocenters. The number of likely N-dealkylation sites (N-methyl/N-ethyl adjacent to an activating group) is 1. The summed E-state index contributed by atoms with van der Waals surface area (Å²) >= 11 is 0. The van der Waals surface area contributed by atoms with E-state index in [0.717, 1.165) is 63.5 Å². The smallest absolute Gasteiger partial charge is 0.318 e. The van der Waals surface area contributed by atoms with E-state index in [1.807, 2.05) is 4.90 Å². The second kappa shape index (κ2) is 11.5. The van der Waals surface area contributed by atoms with E-state index in [1.165, 1.54) is 40.1 Å². The van der Waals surface area contributed by atoms with Crippen LogP contribution < -0.4 is 14.5 Å². The van der Waals surface area contributed by atoms with Crippen molar-refractivity contribution in [1.29, 1.82) is 0 Å². The number of benzene rings is 2. The number of amides is 1. The van der Waals surface area contributed by atoms with Gasteiger partial charge < -0.3 is 24.3 Å². The van der Waals surface area contributed by atoms with Gasteiger partial charge >= 0.3 is 6.01 Å². The standard InChI is InChI=1S/C32H40N6O2/c1-4-23-9-6-10-24-11-7-13-28(30(23)24)38-16-14-26-27(21-38)33-32(40-22-25-12-8-15-35(25)3)34-31(26)37-19-17-36(18-20-37)29(39)5-2/h5-7,9-11,13,25H,2,4,8,12,14-22H2,1,3H3/t25-/m0/s1. The lowest BCUT2D eigenvalue weighted by molar-refractivity contribution is -0.126. The normalized spacial score (nSPS) is 19.6. The molecule has 8 nitrogen and oxygen atoms in total.